The van der Waals surface area contributed by atoms with Gasteiger partial charge in [-0.15, -0.1) is 0 Å². The molecule has 0 amide bonds. The molecule has 0 atom stereocenters. The van der Waals surface area contributed by atoms with Gasteiger partial charge < -0.3 is 0 Å². The smallest absolute Gasteiger partial charge is 0.204 e. The minimum atomic E-state index is -3.08. The molecule has 0 aromatic heterocycles. The standard InChI is InChI=1S/C12H4F6OP/c13-5-1-3-7(11(17)9(5)15)20(19)8-4-2-6(14)10(16)12(8)18/h1-4H/q+1. The summed E-state index contributed by atoms with van der Waals surface area (Å²) in [6.45, 7) is 0. The van der Waals surface area contributed by atoms with Gasteiger partial charge in [0.05, 0.1) is 0 Å². The van der Waals surface area contributed by atoms with Gasteiger partial charge in [-0.3, -0.25) is 0 Å². The Morgan fingerprint density at radius 3 is 1.30 bits per heavy atom. The predicted octanol–water partition coefficient (Wildman–Crippen LogP) is 3.30. The summed E-state index contributed by atoms with van der Waals surface area (Å²) in [6, 6.07) is 2.29. The zero-order chi connectivity index (χ0) is 15.0. The van der Waals surface area contributed by atoms with Crippen molar-refractivity contribution in [3.8, 4) is 0 Å². The first kappa shape index (κ1) is 14.5. The maximum absolute atomic E-state index is 13.4. The minimum Gasteiger partial charge on any atom is -0.204 e. The molecule has 20 heavy (non-hydrogen) atoms. The van der Waals surface area contributed by atoms with Crippen molar-refractivity contribution < 1.29 is 30.9 Å². The largest absolute Gasteiger partial charge is 0.421 e. The molecule has 0 aliphatic rings. The highest BCUT2D eigenvalue weighted by atomic mass is 31.1. The number of hydrogen-bond donors (Lipinski definition) is 0. The zero-order valence-corrected chi connectivity index (χ0v) is 10.3. The fourth-order valence-corrected chi connectivity index (χ4v) is 2.71. The van der Waals surface area contributed by atoms with E-state index in [0.29, 0.717) is 24.3 Å². The van der Waals surface area contributed by atoms with E-state index in [9.17, 15) is 30.9 Å². The van der Waals surface area contributed by atoms with Crippen molar-refractivity contribution in [1.82, 2.24) is 0 Å². The maximum Gasteiger partial charge on any atom is 0.421 e. The third-order valence-corrected chi connectivity index (χ3v) is 4.03. The molecule has 8 heteroatoms. The second-order valence-corrected chi connectivity index (χ2v) is 5.24. The highest BCUT2D eigenvalue weighted by Gasteiger charge is 2.35. The van der Waals surface area contributed by atoms with E-state index in [1.165, 1.54) is 0 Å². The lowest BCUT2D eigenvalue weighted by atomic mass is 10.3. The Morgan fingerprint density at radius 1 is 0.600 bits per heavy atom. The Bertz CT molecular complexity index is 656. The van der Waals surface area contributed by atoms with Gasteiger partial charge in [-0.05, 0) is 24.3 Å². The van der Waals surface area contributed by atoms with Gasteiger partial charge in [-0.1, -0.05) is 4.57 Å². The summed E-state index contributed by atoms with van der Waals surface area (Å²) in [5, 5.41) is -1.69. The first-order valence-electron chi connectivity index (χ1n) is 5.09. The minimum absolute atomic E-state index is 0.499. The summed E-state index contributed by atoms with van der Waals surface area (Å²) >= 11 is 0. The van der Waals surface area contributed by atoms with Crippen molar-refractivity contribution >= 4 is 18.4 Å². The summed E-state index contributed by atoms with van der Waals surface area (Å²) in [7, 11) is -3.08. The lowest BCUT2D eigenvalue weighted by Gasteiger charge is -1.98. The van der Waals surface area contributed by atoms with E-state index in [4.69, 9.17) is 0 Å². The quantitative estimate of drug-likeness (QED) is 0.473. The van der Waals surface area contributed by atoms with Gasteiger partial charge in [-0.25, -0.2) is 17.6 Å². The van der Waals surface area contributed by atoms with Gasteiger partial charge in [0.1, 0.15) is 0 Å². The monoisotopic (exact) mass is 309 g/mol. The summed E-state index contributed by atoms with van der Waals surface area (Å²) in [5.41, 5.74) is 0. The molecular formula is C12H4F6OP+. The van der Waals surface area contributed by atoms with Gasteiger partial charge in [0.2, 0.25) is 22.2 Å². The van der Waals surface area contributed by atoms with Crippen molar-refractivity contribution in [3.05, 3.63) is 59.2 Å². The maximum atomic E-state index is 13.4. The van der Waals surface area contributed by atoms with Crippen LogP contribution in [0.2, 0.25) is 0 Å². The number of hydrogen-bond acceptors (Lipinski definition) is 1. The molecule has 0 bridgehead atoms. The van der Waals surface area contributed by atoms with E-state index >= 15 is 0 Å². The molecule has 0 N–H and O–H groups in total. The van der Waals surface area contributed by atoms with Crippen LogP contribution in [-0.4, -0.2) is 0 Å². The molecule has 0 radical (unpaired) electrons. The Labute approximate surface area is 109 Å². The van der Waals surface area contributed by atoms with E-state index < -0.39 is 53.3 Å². The third kappa shape index (κ3) is 2.29. The molecule has 0 fully saturated rings. The topological polar surface area (TPSA) is 17.1 Å². The molecule has 0 spiro atoms. The van der Waals surface area contributed by atoms with Crippen LogP contribution in [0, 0.1) is 34.9 Å². The fourth-order valence-electron chi connectivity index (χ4n) is 1.47. The number of benzene rings is 2. The van der Waals surface area contributed by atoms with E-state index in [-0.39, 0.29) is 0 Å². The van der Waals surface area contributed by atoms with Gasteiger partial charge in [0.15, 0.2) is 23.3 Å². The SMILES string of the molecule is O=[P+](c1ccc(F)c(F)c1F)c1ccc(F)c(F)c1F. The van der Waals surface area contributed by atoms with Crippen molar-refractivity contribution in [2.24, 2.45) is 0 Å². The molecular weight excluding hydrogens is 305 g/mol. The van der Waals surface area contributed by atoms with Crippen molar-refractivity contribution in [2.75, 3.05) is 0 Å². The van der Waals surface area contributed by atoms with Gasteiger partial charge >= 0.3 is 7.80 Å². The molecule has 2 rings (SSSR count). The van der Waals surface area contributed by atoms with Crippen LogP contribution in [0.5, 0.6) is 0 Å². The van der Waals surface area contributed by atoms with Gasteiger partial charge in [-0.2, -0.15) is 8.78 Å². The Balaban J connectivity index is 2.58. The number of rotatable bonds is 2. The van der Waals surface area contributed by atoms with Crippen LogP contribution in [-0.2, 0) is 4.57 Å². The van der Waals surface area contributed by atoms with Crippen LogP contribution in [0.1, 0.15) is 0 Å². The average molecular weight is 309 g/mol. The molecule has 0 saturated heterocycles. The average Bonchev–Trinajstić information content (AvgIpc) is 2.42. The second kappa shape index (κ2) is 5.25. The van der Waals surface area contributed by atoms with Crippen LogP contribution in [0.25, 0.3) is 0 Å². The highest BCUT2D eigenvalue weighted by molar-refractivity contribution is 7.61. The highest BCUT2D eigenvalue weighted by Crippen LogP contribution is 2.26. The Kier molecular flexibility index (Phi) is 3.81. The predicted molar refractivity (Wildman–Crippen MR) is 59.5 cm³/mol. The molecule has 104 valence electrons. The van der Waals surface area contributed by atoms with Crippen LogP contribution >= 0.6 is 7.80 Å². The molecule has 1 nitrogen and oxygen atoms in total. The molecule has 2 aromatic carbocycles. The van der Waals surface area contributed by atoms with Gasteiger partial charge in [0, 0.05) is 0 Å². The molecule has 0 unspecified atom stereocenters. The molecule has 0 heterocycles. The molecule has 2 aromatic rings. The van der Waals surface area contributed by atoms with Crippen molar-refractivity contribution in [1.29, 1.82) is 0 Å². The van der Waals surface area contributed by atoms with Crippen LogP contribution in [0.15, 0.2) is 24.3 Å². The Hall–Kier alpha value is -1.88. The van der Waals surface area contributed by atoms with Crippen molar-refractivity contribution in [2.45, 2.75) is 0 Å². The molecule has 0 saturated carbocycles. The first-order chi connectivity index (χ1) is 9.34. The van der Waals surface area contributed by atoms with E-state index in [1.54, 1.807) is 0 Å². The summed E-state index contributed by atoms with van der Waals surface area (Å²) in [5.74, 6) is -10.3. The summed E-state index contributed by atoms with van der Waals surface area (Å²) in [4.78, 5) is 0. The summed E-state index contributed by atoms with van der Waals surface area (Å²) in [6.07, 6.45) is 0. The van der Waals surface area contributed by atoms with Crippen LogP contribution < -0.4 is 10.6 Å². The second-order valence-electron chi connectivity index (χ2n) is 3.68. The third-order valence-electron chi connectivity index (χ3n) is 2.47. The van der Waals surface area contributed by atoms with Crippen LogP contribution in [0.3, 0.4) is 0 Å². The fraction of sp³-hybridized carbons (Fsp3) is 0. The lowest BCUT2D eigenvalue weighted by molar-refractivity contribution is 0.449. The molecule has 0 aliphatic carbocycles. The summed E-state index contributed by atoms with van der Waals surface area (Å²) < 4.78 is 90.2. The van der Waals surface area contributed by atoms with E-state index in [2.05, 4.69) is 0 Å². The van der Waals surface area contributed by atoms with Gasteiger partial charge in [0.25, 0.3) is 0 Å². The molecule has 0 aliphatic heterocycles. The van der Waals surface area contributed by atoms with E-state index in [0.717, 1.165) is 0 Å². The zero-order valence-electron chi connectivity index (χ0n) is 9.43. The lowest BCUT2D eigenvalue weighted by Crippen LogP contribution is -2.17. The van der Waals surface area contributed by atoms with Crippen LogP contribution in [0.4, 0.5) is 26.3 Å². The normalized spacial score (nSPS) is 10.7. The number of halogens is 6. The Morgan fingerprint density at radius 2 is 0.950 bits per heavy atom. The van der Waals surface area contributed by atoms with E-state index in [1.807, 2.05) is 0 Å². The van der Waals surface area contributed by atoms with Crippen molar-refractivity contribution in [3.63, 3.8) is 0 Å². The first-order valence-corrected chi connectivity index (χ1v) is 6.34.